The SMILES string of the molecule is Cc1ccc([N+](=O)[O-])c(N2CC[C@H]3CNC[C@H]32)c1. The molecule has 1 N–H and O–H groups in total. The Bertz CT molecular complexity index is 489. The summed E-state index contributed by atoms with van der Waals surface area (Å²) >= 11 is 0. The first kappa shape index (κ1) is 11.5. The molecular weight excluding hydrogens is 230 g/mol. The Morgan fingerprint density at radius 3 is 3.06 bits per heavy atom. The molecule has 0 saturated carbocycles. The number of benzene rings is 1. The molecule has 2 atom stereocenters. The van der Waals surface area contributed by atoms with Crippen molar-refractivity contribution in [1.82, 2.24) is 5.32 Å². The third-order valence-electron chi connectivity index (χ3n) is 4.08. The summed E-state index contributed by atoms with van der Waals surface area (Å²) in [5.41, 5.74) is 2.09. The van der Waals surface area contributed by atoms with Gasteiger partial charge < -0.3 is 10.2 Å². The Hall–Kier alpha value is -1.62. The number of nitro groups is 1. The van der Waals surface area contributed by atoms with Crippen LogP contribution in [0.15, 0.2) is 18.2 Å². The van der Waals surface area contributed by atoms with Crippen molar-refractivity contribution in [3.8, 4) is 0 Å². The second kappa shape index (κ2) is 4.24. The highest BCUT2D eigenvalue weighted by Gasteiger charge is 2.39. The molecule has 1 aromatic rings. The third-order valence-corrected chi connectivity index (χ3v) is 4.08. The van der Waals surface area contributed by atoms with Crippen molar-refractivity contribution in [2.75, 3.05) is 24.5 Å². The van der Waals surface area contributed by atoms with Gasteiger partial charge in [0, 0.05) is 31.7 Å². The van der Waals surface area contributed by atoms with Gasteiger partial charge in [-0.25, -0.2) is 0 Å². The molecule has 3 rings (SSSR count). The molecule has 0 bridgehead atoms. The van der Waals surface area contributed by atoms with E-state index in [9.17, 15) is 10.1 Å². The molecule has 96 valence electrons. The summed E-state index contributed by atoms with van der Waals surface area (Å²) in [7, 11) is 0. The average Bonchev–Trinajstić information content (AvgIpc) is 2.89. The minimum absolute atomic E-state index is 0.230. The molecule has 0 amide bonds. The fourth-order valence-corrected chi connectivity index (χ4v) is 3.17. The Morgan fingerprint density at radius 1 is 1.44 bits per heavy atom. The Labute approximate surface area is 106 Å². The number of nitrogens with one attached hydrogen (secondary N) is 1. The van der Waals surface area contributed by atoms with Crippen molar-refractivity contribution in [2.45, 2.75) is 19.4 Å². The van der Waals surface area contributed by atoms with Gasteiger partial charge in [-0.15, -0.1) is 0 Å². The molecule has 0 aliphatic carbocycles. The first-order chi connectivity index (χ1) is 8.66. The first-order valence-electron chi connectivity index (χ1n) is 6.39. The minimum Gasteiger partial charge on any atom is -0.361 e. The monoisotopic (exact) mass is 247 g/mol. The van der Waals surface area contributed by atoms with Gasteiger partial charge in [0.1, 0.15) is 5.69 Å². The molecule has 2 aliphatic rings. The van der Waals surface area contributed by atoms with Gasteiger partial charge >= 0.3 is 0 Å². The molecule has 0 spiro atoms. The van der Waals surface area contributed by atoms with Gasteiger partial charge in [-0.3, -0.25) is 10.1 Å². The molecule has 1 aromatic carbocycles. The van der Waals surface area contributed by atoms with Gasteiger partial charge in [-0.05, 0) is 30.9 Å². The van der Waals surface area contributed by atoms with Crippen LogP contribution in [0.2, 0.25) is 0 Å². The number of aryl methyl sites for hydroxylation is 1. The number of anilines is 1. The van der Waals surface area contributed by atoms with E-state index >= 15 is 0 Å². The summed E-state index contributed by atoms with van der Waals surface area (Å²) in [6, 6.07) is 5.80. The highest BCUT2D eigenvalue weighted by molar-refractivity contribution is 5.65. The highest BCUT2D eigenvalue weighted by Crippen LogP contribution is 2.37. The van der Waals surface area contributed by atoms with Gasteiger partial charge in [0.25, 0.3) is 5.69 Å². The lowest BCUT2D eigenvalue weighted by molar-refractivity contribution is -0.384. The predicted octanol–water partition coefficient (Wildman–Crippen LogP) is 1.70. The average molecular weight is 247 g/mol. The largest absolute Gasteiger partial charge is 0.361 e. The second-order valence-corrected chi connectivity index (χ2v) is 5.22. The number of nitrogens with zero attached hydrogens (tertiary/aromatic N) is 2. The fourth-order valence-electron chi connectivity index (χ4n) is 3.17. The molecular formula is C13H17N3O2. The topological polar surface area (TPSA) is 58.4 Å². The van der Waals surface area contributed by atoms with Crippen LogP contribution in [0.5, 0.6) is 0 Å². The van der Waals surface area contributed by atoms with Crippen molar-refractivity contribution >= 4 is 11.4 Å². The maximum atomic E-state index is 11.1. The van der Waals surface area contributed by atoms with Crippen LogP contribution in [0, 0.1) is 23.0 Å². The van der Waals surface area contributed by atoms with Crippen LogP contribution < -0.4 is 10.2 Å². The van der Waals surface area contributed by atoms with Crippen molar-refractivity contribution in [1.29, 1.82) is 0 Å². The number of hydrogen-bond donors (Lipinski definition) is 1. The summed E-state index contributed by atoms with van der Waals surface area (Å²) in [6.07, 6.45) is 1.13. The first-order valence-corrected chi connectivity index (χ1v) is 6.39. The van der Waals surface area contributed by atoms with Crippen LogP contribution in [0.25, 0.3) is 0 Å². The quantitative estimate of drug-likeness (QED) is 0.638. The Kier molecular flexibility index (Phi) is 2.70. The van der Waals surface area contributed by atoms with Crippen LogP contribution >= 0.6 is 0 Å². The van der Waals surface area contributed by atoms with Crippen molar-refractivity contribution in [2.24, 2.45) is 5.92 Å². The zero-order valence-electron chi connectivity index (χ0n) is 10.4. The van der Waals surface area contributed by atoms with Gasteiger partial charge in [-0.2, -0.15) is 0 Å². The molecule has 0 radical (unpaired) electrons. The van der Waals surface area contributed by atoms with E-state index < -0.39 is 0 Å². The van der Waals surface area contributed by atoms with E-state index in [2.05, 4.69) is 10.2 Å². The second-order valence-electron chi connectivity index (χ2n) is 5.22. The van der Waals surface area contributed by atoms with E-state index in [-0.39, 0.29) is 10.6 Å². The normalized spacial score (nSPS) is 26.4. The van der Waals surface area contributed by atoms with E-state index in [1.165, 1.54) is 0 Å². The van der Waals surface area contributed by atoms with Gasteiger partial charge in [0.15, 0.2) is 0 Å². The van der Waals surface area contributed by atoms with E-state index in [4.69, 9.17) is 0 Å². The molecule has 0 aromatic heterocycles. The summed E-state index contributed by atoms with van der Waals surface area (Å²) in [5.74, 6) is 0.644. The van der Waals surface area contributed by atoms with Gasteiger partial charge in [0.05, 0.1) is 4.92 Å². The van der Waals surface area contributed by atoms with Crippen LogP contribution in [-0.4, -0.2) is 30.6 Å². The molecule has 2 saturated heterocycles. The van der Waals surface area contributed by atoms with Gasteiger partial charge in [0.2, 0.25) is 0 Å². The van der Waals surface area contributed by atoms with Crippen molar-refractivity contribution < 1.29 is 4.92 Å². The maximum Gasteiger partial charge on any atom is 0.292 e. The standard InChI is InChI=1S/C13H17N3O2/c1-9-2-3-11(16(17)18)12(6-9)15-5-4-10-7-14-8-13(10)15/h2-3,6,10,13-14H,4-5,7-8H2,1H3/t10-,13+/m0/s1. The zero-order chi connectivity index (χ0) is 12.7. The fraction of sp³-hybridized carbons (Fsp3) is 0.538. The summed E-state index contributed by atoms with van der Waals surface area (Å²) in [5, 5.41) is 14.5. The number of hydrogen-bond acceptors (Lipinski definition) is 4. The van der Waals surface area contributed by atoms with Crippen LogP contribution in [0.1, 0.15) is 12.0 Å². The molecule has 2 fully saturated rings. The smallest absolute Gasteiger partial charge is 0.292 e. The molecule has 18 heavy (non-hydrogen) atoms. The van der Waals surface area contributed by atoms with Gasteiger partial charge in [-0.1, -0.05) is 6.07 Å². The lowest BCUT2D eigenvalue weighted by Gasteiger charge is -2.25. The summed E-state index contributed by atoms with van der Waals surface area (Å²) in [4.78, 5) is 13.1. The number of nitro benzene ring substituents is 1. The van der Waals surface area contributed by atoms with Crippen LogP contribution in [-0.2, 0) is 0 Å². The minimum atomic E-state index is -0.273. The number of fused-ring (bicyclic) bond motifs is 1. The molecule has 5 heteroatoms. The van der Waals surface area contributed by atoms with E-state index in [0.717, 1.165) is 37.3 Å². The molecule has 5 nitrogen and oxygen atoms in total. The van der Waals surface area contributed by atoms with Crippen molar-refractivity contribution in [3.63, 3.8) is 0 Å². The van der Waals surface area contributed by atoms with Crippen LogP contribution in [0.4, 0.5) is 11.4 Å². The third kappa shape index (κ3) is 1.75. The highest BCUT2D eigenvalue weighted by atomic mass is 16.6. The van der Waals surface area contributed by atoms with E-state index in [1.54, 1.807) is 6.07 Å². The van der Waals surface area contributed by atoms with Crippen molar-refractivity contribution in [3.05, 3.63) is 33.9 Å². The number of rotatable bonds is 2. The molecule has 2 aliphatic heterocycles. The van der Waals surface area contributed by atoms with Crippen LogP contribution in [0.3, 0.4) is 0 Å². The summed E-state index contributed by atoms with van der Waals surface area (Å²) in [6.45, 7) is 4.89. The van der Waals surface area contributed by atoms with E-state index in [0.29, 0.717) is 12.0 Å². The lowest BCUT2D eigenvalue weighted by Crippen LogP contribution is -2.34. The summed E-state index contributed by atoms with van der Waals surface area (Å²) < 4.78 is 0. The Morgan fingerprint density at radius 2 is 2.28 bits per heavy atom. The lowest BCUT2D eigenvalue weighted by atomic mass is 10.0. The van der Waals surface area contributed by atoms with E-state index in [1.807, 2.05) is 19.1 Å². The Balaban J connectivity index is 2.00. The molecule has 0 unspecified atom stereocenters. The predicted molar refractivity (Wildman–Crippen MR) is 69.9 cm³/mol. The zero-order valence-corrected chi connectivity index (χ0v) is 10.4. The molecule has 2 heterocycles. The maximum absolute atomic E-state index is 11.1.